The maximum atomic E-state index is 3.45. The molecule has 0 aromatic rings. The molecule has 18 heavy (non-hydrogen) atoms. The fraction of sp³-hybridized carbons (Fsp3) is 1.00. The lowest BCUT2D eigenvalue weighted by molar-refractivity contribution is 0.131. The first-order valence-electron chi connectivity index (χ1n) is 6.73. The number of hydrogen-bond acceptors (Lipinski definition) is 6. The van der Waals surface area contributed by atoms with Crippen LogP contribution in [0.1, 0.15) is 0 Å². The van der Waals surface area contributed by atoms with Crippen LogP contribution >= 0.6 is 0 Å². The molecular weight excluding hydrogens is 228 g/mol. The summed E-state index contributed by atoms with van der Waals surface area (Å²) in [6.45, 7) is 0. The van der Waals surface area contributed by atoms with E-state index in [1.54, 1.807) is 0 Å². The highest BCUT2D eigenvalue weighted by atomic mass is 15.2. The van der Waals surface area contributed by atoms with E-state index in [0.717, 1.165) is 0 Å². The third-order valence-electron chi connectivity index (χ3n) is 4.32. The average molecular weight is 258 g/mol. The van der Waals surface area contributed by atoms with E-state index in [1.807, 2.05) is 42.3 Å². The van der Waals surface area contributed by atoms with Crippen LogP contribution in [0.25, 0.3) is 0 Å². The Morgan fingerprint density at radius 1 is 0.333 bits per heavy atom. The van der Waals surface area contributed by atoms with E-state index in [-0.39, 0.29) is 0 Å². The Labute approximate surface area is 111 Å². The van der Waals surface area contributed by atoms with Crippen molar-refractivity contribution in [3.63, 3.8) is 0 Å². The van der Waals surface area contributed by atoms with Crippen molar-refractivity contribution < 1.29 is 0 Å². The van der Waals surface area contributed by atoms with E-state index < -0.39 is 0 Å². The molecule has 1 aliphatic carbocycles. The van der Waals surface area contributed by atoms with Gasteiger partial charge in [0.2, 0.25) is 0 Å². The maximum Gasteiger partial charge on any atom is 0.0404 e. The van der Waals surface area contributed by atoms with Gasteiger partial charge in [0, 0.05) is 36.3 Å². The molecule has 6 nitrogen and oxygen atoms in total. The standard InChI is InChI=1S/C12H30N6/c1-13-7-8(14-2)10(16-4)12(18-6)11(17-5)9(7)15-3/h7-18H,1-6H3. The number of hydrogen-bond donors (Lipinski definition) is 6. The van der Waals surface area contributed by atoms with E-state index in [9.17, 15) is 0 Å². The van der Waals surface area contributed by atoms with Crippen LogP contribution in [-0.4, -0.2) is 78.5 Å². The molecule has 0 aromatic carbocycles. The lowest BCUT2D eigenvalue weighted by atomic mass is 9.75. The molecule has 1 aliphatic rings. The average Bonchev–Trinajstić information content (AvgIpc) is 2.43. The predicted molar refractivity (Wildman–Crippen MR) is 77.1 cm³/mol. The molecule has 6 heteroatoms. The lowest BCUT2D eigenvalue weighted by Gasteiger charge is -2.51. The van der Waals surface area contributed by atoms with Crippen molar-refractivity contribution in [2.45, 2.75) is 36.3 Å². The van der Waals surface area contributed by atoms with Gasteiger partial charge < -0.3 is 31.9 Å². The summed E-state index contributed by atoms with van der Waals surface area (Å²) in [5.74, 6) is 0. The zero-order chi connectivity index (χ0) is 13.7. The van der Waals surface area contributed by atoms with Crippen molar-refractivity contribution in [1.82, 2.24) is 31.9 Å². The van der Waals surface area contributed by atoms with Gasteiger partial charge in [0.05, 0.1) is 0 Å². The zero-order valence-electron chi connectivity index (χ0n) is 12.5. The van der Waals surface area contributed by atoms with Gasteiger partial charge in [-0.15, -0.1) is 0 Å². The fourth-order valence-electron chi connectivity index (χ4n) is 3.49. The quantitative estimate of drug-likeness (QED) is 0.317. The molecule has 0 unspecified atom stereocenters. The molecule has 0 radical (unpaired) electrons. The van der Waals surface area contributed by atoms with Crippen LogP contribution < -0.4 is 31.9 Å². The highest BCUT2D eigenvalue weighted by Gasteiger charge is 2.47. The molecule has 0 spiro atoms. The Morgan fingerprint density at radius 3 is 0.500 bits per heavy atom. The second-order valence-corrected chi connectivity index (χ2v) is 4.89. The van der Waals surface area contributed by atoms with Gasteiger partial charge in [0.15, 0.2) is 0 Å². The minimum Gasteiger partial charge on any atom is -0.314 e. The summed E-state index contributed by atoms with van der Waals surface area (Å²) in [6, 6.07) is 2.16. The molecule has 108 valence electrons. The van der Waals surface area contributed by atoms with Crippen LogP contribution in [-0.2, 0) is 0 Å². The van der Waals surface area contributed by atoms with Crippen molar-refractivity contribution in [3.8, 4) is 0 Å². The topological polar surface area (TPSA) is 72.2 Å². The van der Waals surface area contributed by atoms with Crippen LogP contribution in [0, 0.1) is 0 Å². The van der Waals surface area contributed by atoms with Crippen LogP contribution in [0.15, 0.2) is 0 Å². The van der Waals surface area contributed by atoms with Gasteiger partial charge in [-0.05, 0) is 42.3 Å². The second-order valence-electron chi connectivity index (χ2n) is 4.89. The molecule has 0 atom stereocenters. The van der Waals surface area contributed by atoms with Crippen molar-refractivity contribution in [2.75, 3.05) is 42.3 Å². The second kappa shape index (κ2) is 7.37. The van der Waals surface area contributed by atoms with E-state index in [2.05, 4.69) is 31.9 Å². The molecule has 1 rings (SSSR count). The van der Waals surface area contributed by atoms with Crippen molar-refractivity contribution >= 4 is 0 Å². The smallest absolute Gasteiger partial charge is 0.0404 e. The van der Waals surface area contributed by atoms with Gasteiger partial charge >= 0.3 is 0 Å². The summed E-state index contributed by atoms with van der Waals surface area (Å²) >= 11 is 0. The summed E-state index contributed by atoms with van der Waals surface area (Å²) in [4.78, 5) is 0. The highest BCUT2D eigenvalue weighted by molar-refractivity contribution is 5.13. The summed E-state index contributed by atoms with van der Waals surface area (Å²) in [5, 5.41) is 20.7. The largest absolute Gasteiger partial charge is 0.314 e. The molecule has 0 saturated heterocycles. The van der Waals surface area contributed by atoms with Gasteiger partial charge in [-0.3, -0.25) is 0 Å². The highest BCUT2D eigenvalue weighted by Crippen LogP contribution is 2.21. The Hall–Kier alpha value is -0.240. The first-order chi connectivity index (χ1) is 8.69. The maximum absolute atomic E-state index is 3.45. The molecule has 0 heterocycles. The van der Waals surface area contributed by atoms with Crippen LogP contribution in [0.4, 0.5) is 0 Å². The van der Waals surface area contributed by atoms with Crippen molar-refractivity contribution in [3.05, 3.63) is 0 Å². The minimum atomic E-state index is 0.361. The molecule has 0 aliphatic heterocycles. The van der Waals surface area contributed by atoms with Gasteiger partial charge in [-0.1, -0.05) is 0 Å². The third kappa shape index (κ3) is 2.68. The zero-order valence-corrected chi connectivity index (χ0v) is 12.5. The number of likely N-dealkylation sites (N-methyl/N-ethyl adjacent to an activating group) is 6. The summed E-state index contributed by atoms with van der Waals surface area (Å²) < 4.78 is 0. The normalized spacial score (nSPS) is 41.0. The Balaban J connectivity index is 3.06. The van der Waals surface area contributed by atoms with E-state index in [4.69, 9.17) is 0 Å². The number of rotatable bonds is 6. The van der Waals surface area contributed by atoms with Gasteiger partial charge in [0.25, 0.3) is 0 Å². The molecule has 0 amide bonds. The molecule has 0 aromatic heterocycles. The molecule has 6 N–H and O–H groups in total. The van der Waals surface area contributed by atoms with E-state index in [0.29, 0.717) is 36.3 Å². The molecule has 1 saturated carbocycles. The summed E-state index contributed by atoms with van der Waals surface area (Å²) in [5.41, 5.74) is 0. The van der Waals surface area contributed by atoms with Gasteiger partial charge in [0.1, 0.15) is 0 Å². The van der Waals surface area contributed by atoms with Crippen molar-refractivity contribution in [2.24, 2.45) is 0 Å². The Kier molecular flexibility index (Phi) is 6.48. The van der Waals surface area contributed by atoms with Crippen LogP contribution in [0.5, 0.6) is 0 Å². The lowest BCUT2D eigenvalue weighted by Crippen LogP contribution is -2.79. The van der Waals surface area contributed by atoms with Gasteiger partial charge in [-0.2, -0.15) is 0 Å². The molecule has 0 bridgehead atoms. The Bertz CT molecular complexity index is 163. The molecule has 1 fully saturated rings. The summed E-state index contributed by atoms with van der Waals surface area (Å²) in [7, 11) is 12.2. The molecular formula is C12H30N6. The first kappa shape index (κ1) is 15.8. The van der Waals surface area contributed by atoms with Crippen LogP contribution in [0.3, 0.4) is 0 Å². The third-order valence-corrected chi connectivity index (χ3v) is 4.32. The minimum absolute atomic E-state index is 0.361. The van der Waals surface area contributed by atoms with E-state index in [1.165, 1.54) is 0 Å². The SMILES string of the molecule is CNC1C(NC)C(NC)C(NC)C(NC)C1NC. The first-order valence-corrected chi connectivity index (χ1v) is 6.73. The monoisotopic (exact) mass is 258 g/mol. The van der Waals surface area contributed by atoms with E-state index >= 15 is 0 Å². The predicted octanol–water partition coefficient (Wildman–Crippen LogP) is -2.47. The van der Waals surface area contributed by atoms with Gasteiger partial charge in [-0.25, -0.2) is 0 Å². The van der Waals surface area contributed by atoms with Crippen LogP contribution in [0.2, 0.25) is 0 Å². The summed E-state index contributed by atoms with van der Waals surface area (Å²) in [6.07, 6.45) is 0. The Morgan fingerprint density at radius 2 is 0.444 bits per heavy atom. The van der Waals surface area contributed by atoms with Crippen molar-refractivity contribution in [1.29, 1.82) is 0 Å². The fourth-order valence-corrected chi connectivity index (χ4v) is 3.49. The number of nitrogens with one attached hydrogen (secondary N) is 6.